The minimum atomic E-state index is -1.08. The third-order valence-corrected chi connectivity index (χ3v) is 3.82. The smallest absolute Gasteiger partial charge is 0.412 e. The second kappa shape index (κ2) is 10.7. The van der Waals surface area contributed by atoms with Crippen LogP contribution >= 0.6 is 0 Å². The van der Waals surface area contributed by atoms with Gasteiger partial charge in [-0.3, -0.25) is 5.32 Å². The van der Waals surface area contributed by atoms with Gasteiger partial charge in [0.2, 0.25) is 0 Å². The fourth-order valence-corrected chi connectivity index (χ4v) is 2.54. The second-order valence-electron chi connectivity index (χ2n) is 6.02. The molecule has 0 spiro atoms. The number of amides is 1. The van der Waals surface area contributed by atoms with Gasteiger partial charge in [0.1, 0.15) is 18.5 Å². The zero-order valence-electron chi connectivity index (χ0n) is 15.4. The van der Waals surface area contributed by atoms with E-state index in [1.54, 1.807) is 55.5 Å². The summed E-state index contributed by atoms with van der Waals surface area (Å²) in [5.41, 5.74) is 1.22. The molecule has 7 heteroatoms. The Hall–Kier alpha value is -3.32. The maximum absolute atomic E-state index is 12.4. The van der Waals surface area contributed by atoms with Gasteiger partial charge in [-0.05, 0) is 29.8 Å². The average Bonchev–Trinajstić information content (AvgIpc) is 2.69. The molecule has 3 N–H and O–H groups in total. The Morgan fingerprint density at radius 1 is 1.14 bits per heavy atom. The fourth-order valence-electron chi connectivity index (χ4n) is 2.54. The third-order valence-electron chi connectivity index (χ3n) is 3.82. The molecule has 0 aliphatic carbocycles. The lowest BCUT2D eigenvalue weighted by Gasteiger charge is -2.23. The molecule has 2 aromatic rings. The molecule has 0 unspecified atom stereocenters. The maximum atomic E-state index is 12.4. The number of carboxylic acids is 1. The van der Waals surface area contributed by atoms with Crippen LogP contribution < -0.4 is 10.1 Å². The molecule has 28 heavy (non-hydrogen) atoms. The third kappa shape index (κ3) is 6.77. The highest BCUT2D eigenvalue weighted by Gasteiger charge is 2.23. The number of carbonyl (C=O) groups excluding carboxylic acids is 1. The van der Waals surface area contributed by atoms with Crippen LogP contribution in [0.15, 0.2) is 66.7 Å². The van der Waals surface area contributed by atoms with Gasteiger partial charge in [0, 0.05) is 17.7 Å². The number of rotatable bonds is 9. The zero-order valence-corrected chi connectivity index (χ0v) is 15.4. The first-order valence-corrected chi connectivity index (χ1v) is 8.77. The predicted molar refractivity (Wildman–Crippen MR) is 104 cm³/mol. The number of carboxylic acid groups (broad SMARTS) is 1. The molecule has 148 valence electrons. The van der Waals surface area contributed by atoms with Gasteiger partial charge in [0.05, 0.1) is 6.61 Å². The summed E-state index contributed by atoms with van der Waals surface area (Å²) < 4.78 is 11.0. The van der Waals surface area contributed by atoms with Crippen LogP contribution in [0.1, 0.15) is 18.6 Å². The van der Waals surface area contributed by atoms with Crippen molar-refractivity contribution in [1.82, 2.24) is 0 Å². The summed E-state index contributed by atoms with van der Waals surface area (Å²) in [5.74, 6) is -0.983. The molecule has 2 rings (SSSR count). The van der Waals surface area contributed by atoms with Crippen molar-refractivity contribution in [2.45, 2.75) is 13.0 Å². The lowest BCUT2D eigenvalue weighted by Crippen LogP contribution is -2.21. The Morgan fingerprint density at radius 2 is 1.89 bits per heavy atom. The summed E-state index contributed by atoms with van der Waals surface area (Å²) in [5, 5.41) is 20.4. The molecule has 1 amide bonds. The fraction of sp³-hybridized carbons (Fsp3) is 0.238. The molecule has 7 nitrogen and oxygen atoms in total. The summed E-state index contributed by atoms with van der Waals surface area (Å²) in [6.45, 7) is 1.76. The first kappa shape index (κ1) is 21.0. The van der Waals surface area contributed by atoms with Gasteiger partial charge in [0.15, 0.2) is 0 Å². The Morgan fingerprint density at radius 3 is 2.57 bits per heavy atom. The number of aliphatic hydroxyl groups is 1. The minimum absolute atomic E-state index is 0.124. The summed E-state index contributed by atoms with van der Waals surface area (Å²) in [6, 6.07) is 15.8. The van der Waals surface area contributed by atoms with Crippen molar-refractivity contribution < 1.29 is 29.3 Å². The normalized spacial score (nSPS) is 12.9. The van der Waals surface area contributed by atoms with Crippen LogP contribution in [0.5, 0.6) is 5.75 Å². The van der Waals surface area contributed by atoms with Crippen molar-refractivity contribution in [2.24, 2.45) is 5.92 Å². The number of benzene rings is 2. The van der Waals surface area contributed by atoms with Crippen molar-refractivity contribution in [1.29, 1.82) is 0 Å². The standard InChI is InChI=1S/C21H23NO6/c1-15(10-11-19(24)25)20(16-6-5-9-18(14-16)27-13-12-23)28-21(26)22-17-7-3-2-4-8-17/h2-11,14-15,20,23H,12-13H2,1H3,(H,22,26)(H,24,25)/b11-10+/t15-,20-/m1/s1. The number of aliphatic carboxylic acids is 1. The van der Waals surface area contributed by atoms with Gasteiger partial charge >= 0.3 is 12.1 Å². The van der Waals surface area contributed by atoms with E-state index >= 15 is 0 Å². The second-order valence-corrected chi connectivity index (χ2v) is 6.02. The molecule has 0 saturated heterocycles. The number of nitrogens with one attached hydrogen (secondary N) is 1. The number of carbonyl (C=O) groups is 2. The molecular weight excluding hydrogens is 362 g/mol. The Balaban J connectivity index is 2.21. The van der Waals surface area contributed by atoms with Crippen molar-refractivity contribution in [3.05, 3.63) is 72.3 Å². The van der Waals surface area contributed by atoms with Gasteiger partial charge in [-0.15, -0.1) is 0 Å². The zero-order chi connectivity index (χ0) is 20.4. The first-order valence-electron chi connectivity index (χ1n) is 8.77. The lowest BCUT2D eigenvalue weighted by molar-refractivity contribution is -0.131. The molecule has 0 fully saturated rings. The highest BCUT2D eigenvalue weighted by atomic mass is 16.6. The van der Waals surface area contributed by atoms with Crippen LogP contribution in [-0.2, 0) is 9.53 Å². The quantitative estimate of drug-likeness (QED) is 0.570. The van der Waals surface area contributed by atoms with E-state index < -0.39 is 24.1 Å². The van der Waals surface area contributed by atoms with E-state index in [1.807, 2.05) is 6.07 Å². The number of hydrogen-bond donors (Lipinski definition) is 3. The number of anilines is 1. The van der Waals surface area contributed by atoms with Crippen LogP contribution in [0.3, 0.4) is 0 Å². The van der Waals surface area contributed by atoms with Crippen LogP contribution in [0.2, 0.25) is 0 Å². The Labute approximate surface area is 163 Å². The van der Waals surface area contributed by atoms with Crippen LogP contribution in [0, 0.1) is 5.92 Å². The molecule has 0 saturated carbocycles. The molecule has 0 aliphatic heterocycles. The van der Waals surface area contributed by atoms with E-state index in [-0.39, 0.29) is 13.2 Å². The number of hydrogen-bond acceptors (Lipinski definition) is 5. The van der Waals surface area contributed by atoms with Crippen LogP contribution in [0.4, 0.5) is 10.5 Å². The number of para-hydroxylation sites is 1. The molecule has 0 aliphatic rings. The Kier molecular flexibility index (Phi) is 8.05. The van der Waals surface area contributed by atoms with Crippen LogP contribution in [-0.4, -0.2) is 35.5 Å². The van der Waals surface area contributed by atoms with Crippen LogP contribution in [0.25, 0.3) is 0 Å². The lowest BCUT2D eigenvalue weighted by atomic mass is 9.96. The molecular formula is C21H23NO6. The summed E-state index contributed by atoms with van der Waals surface area (Å²) in [6.07, 6.45) is 1.08. The highest BCUT2D eigenvalue weighted by Crippen LogP contribution is 2.30. The molecule has 2 aromatic carbocycles. The van der Waals surface area contributed by atoms with Crippen molar-refractivity contribution >= 4 is 17.7 Å². The number of aliphatic hydroxyl groups excluding tert-OH is 1. The van der Waals surface area contributed by atoms with E-state index in [1.165, 1.54) is 6.08 Å². The topological polar surface area (TPSA) is 105 Å². The van der Waals surface area contributed by atoms with E-state index in [2.05, 4.69) is 5.32 Å². The number of ether oxygens (including phenoxy) is 2. The first-order chi connectivity index (χ1) is 13.5. The van der Waals surface area contributed by atoms with Crippen molar-refractivity contribution in [3.8, 4) is 5.75 Å². The summed E-state index contributed by atoms with van der Waals surface area (Å²) in [4.78, 5) is 23.2. The van der Waals surface area contributed by atoms with E-state index in [0.29, 0.717) is 17.0 Å². The maximum Gasteiger partial charge on any atom is 0.412 e. The summed E-state index contributed by atoms with van der Waals surface area (Å²) in [7, 11) is 0. The molecule has 0 radical (unpaired) electrons. The highest BCUT2D eigenvalue weighted by molar-refractivity contribution is 5.84. The SMILES string of the molecule is C[C@H](/C=C/C(=O)O)[C@@H](OC(=O)Nc1ccccc1)c1cccc(OCCO)c1. The average molecular weight is 385 g/mol. The van der Waals surface area contributed by atoms with Gasteiger partial charge < -0.3 is 19.7 Å². The summed E-state index contributed by atoms with van der Waals surface area (Å²) >= 11 is 0. The van der Waals surface area contributed by atoms with Gasteiger partial charge in [0.25, 0.3) is 0 Å². The monoisotopic (exact) mass is 385 g/mol. The molecule has 0 heterocycles. The molecule has 0 bridgehead atoms. The largest absolute Gasteiger partial charge is 0.491 e. The van der Waals surface area contributed by atoms with Crippen molar-refractivity contribution in [3.63, 3.8) is 0 Å². The van der Waals surface area contributed by atoms with Gasteiger partial charge in [-0.1, -0.05) is 43.3 Å². The van der Waals surface area contributed by atoms with E-state index in [4.69, 9.17) is 19.7 Å². The van der Waals surface area contributed by atoms with E-state index in [9.17, 15) is 9.59 Å². The molecule has 0 aromatic heterocycles. The van der Waals surface area contributed by atoms with Gasteiger partial charge in [-0.2, -0.15) is 0 Å². The van der Waals surface area contributed by atoms with Crippen molar-refractivity contribution in [2.75, 3.05) is 18.5 Å². The Bertz CT molecular complexity index is 806. The molecule has 2 atom stereocenters. The van der Waals surface area contributed by atoms with Gasteiger partial charge in [-0.25, -0.2) is 9.59 Å². The van der Waals surface area contributed by atoms with E-state index in [0.717, 1.165) is 6.08 Å². The minimum Gasteiger partial charge on any atom is -0.491 e. The predicted octanol–water partition coefficient (Wildman–Crippen LogP) is 3.62.